The van der Waals surface area contributed by atoms with E-state index in [1.807, 2.05) is 0 Å². The third-order valence-electron chi connectivity index (χ3n) is 4.26. The maximum Gasteiger partial charge on any atom is 0.184 e. The van der Waals surface area contributed by atoms with Crippen molar-refractivity contribution >= 4 is 11.8 Å². The topological polar surface area (TPSA) is 149 Å². The Labute approximate surface area is 150 Å². The van der Waals surface area contributed by atoms with Crippen LogP contribution in [0.5, 0.6) is 0 Å². The first-order valence-electron chi connectivity index (χ1n) is 8.34. The Morgan fingerprint density at radius 2 is 1.60 bits per heavy atom. The standard InChI is InChI=1S/C15H28O9S/c1-6(2)22-14-7(18)3-10(8(4-16)23-14)25-15-13(21)12(20)11(19)9(5-17)24-15/h6-21H,3-5H2,1-2H3/t7-,8+,9+,10+,11-,12-,13+,14-,15-/m0/s1. The first-order valence-corrected chi connectivity index (χ1v) is 9.28. The second-order valence-electron chi connectivity index (χ2n) is 6.59. The molecule has 2 heterocycles. The van der Waals surface area contributed by atoms with Crippen molar-refractivity contribution in [3.63, 3.8) is 0 Å². The van der Waals surface area contributed by atoms with E-state index in [9.17, 15) is 30.6 Å². The Morgan fingerprint density at radius 3 is 2.16 bits per heavy atom. The van der Waals surface area contributed by atoms with Crippen molar-refractivity contribution in [2.75, 3.05) is 13.2 Å². The lowest BCUT2D eigenvalue weighted by Crippen LogP contribution is -2.58. The Bertz CT molecular complexity index is 410. The van der Waals surface area contributed by atoms with E-state index in [2.05, 4.69) is 0 Å². The fraction of sp³-hybridized carbons (Fsp3) is 1.00. The molecule has 0 unspecified atom stereocenters. The molecule has 2 aliphatic rings. The highest BCUT2D eigenvalue weighted by atomic mass is 32.2. The highest BCUT2D eigenvalue weighted by Crippen LogP contribution is 2.37. The van der Waals surface area contributed by atoms with Gasteiger partial charge in [-0.2, -0.15) is 0 Å². The molecule has 10 heteroatoms. The van der Waals surface area contributed by atoms with Crippen LogP contribution in [0.4, 0.5) is 0 Å². The highest BCUT2D eigenvalue weighted by Gasteiger charge is 2.47. The predicted octanol–water partition coefficient (Wildman–Crippen LogP) is -2.22. The van der Waals surface area contributed by atoms with Crippen molar-refractivity contribution in [3.8, 4) is 0 Å². The normalized spacial score (nSPS) is 45.7. The van der Waals surface area contributed by atoms with Crippen molar-refractivity contribution in [1.29, 1.82) is 0 Å². The molecule has 0 aromatic rings. The van der Waals surface area contributed by atoms with Crippen LogP contribution in [0.15, 0.2) is 0 Å². The molecule has 9 atom stereocenters. The lowest BCUT2D eigenvalue weighted by atomic mass is 10.0. The van der Waals surface area contributed by atoms with Crippen LogP contribution < -0.4 is 0 Å². The Hall–Kier alpha value is -0.0100. The van der Waals surface area contributed by atoms with E-state index in [1.54, 1.807) is 13.8 Å². The molecule has 6 N–H and O–H groups in total. The SMILES string of the molecule is CC(C)O[C@H]1O[C@H](CO)[C@H](S[C@@H]2O[C@H](CO)[C@H](O)[C@H](O)[C@H]2O)C[C@@H]1O. The molecule has 0 radical (unpaired) electrons. The summed E-state index contributed by atoms with van der Waals surface area (Å²) in [7, 11) is 0. The van der Waals surface area contributed by atoms with Crippen LogP contribution in [0.2, 0.25) is 0 Å². The minimum atomic E-state index is -1.47. The lowest BCUT2D eigenvalue weighted by Gasteiger charge is -2.44. The van der Waals surface area contributed by atoms with Gasteiger partial charge in [-0.25, -0.2) is 0 Å². The van der Waals surface area contributed by atoms with Crippen molar-refractivity contribution in [2.24, 2.45) is 0 Å². The van der Waals surface area contributed by atoms with Gasteiger partial charge in [-0.05, 0) is 20.3 Å². The van der Waals surface area contributed by atoms with E-state index in [-0.39, 0.29) is 19.1 Å². The van der Waals surface area contributed by atoms with E-state index in [0.29, 0.717) is 0 Å². The van der Waals surface area contributed by atoms with Gasteiger partial charge in [0, 0.05) is 5.25 Å². The zero-order valence-electron chi connectivity index (χ0n) is 14.2. The molecule has 0 aliphatic carbocycles. The number of rotatable bonds is 6. The number of ether oxygens (including phenoxy) is 3. The fourth-order valence-corrected chi connectivity index (χ4v) is 4.41. The molecule has 2 saturated heterocycles. The van der Waals surface area contributed by atoms with Gasteiger partial charge in [-0.3, -0.25) is 0 Å². The highest BCUT2D eigenvalue weighted by molar-refractivity contribution is 8.00. The number of hydrogen-bond donors (Lipinski definition) is 6. The van der Waals surface area contributed by atoms with Crippen LogP contribution in [-0.4, -0.2) is 104 Å². The van der Waals surface area contributed by atoms with E-state index < -0.39 is 60.2 Å². The zero-order valence-corrected chi connectivity index (χ0v) is 15.0. The van der Waals surface area contributed by atoms with Gasteiger partial charge in [-0.1, -0.05) is 0 Å². The van der Waals surface area contributed by atoms with Gasteiger partial charge in [-0.15, -0.1) is 11.8 Å². The number of thioether (sulfide) groups is 1. The molecule has 0 amide bonds. The average molecular weight is 384 g/mol. The van der Waals surface area contributed by atoms with Gasteiger partial charge in [0.1, 0.15) is 36.0 Å². The Kier molecular flexibility index (Phi) is 7.89. The third-order valence-corrected chi connectivity index (χ3v) is 5.76. The van der Waals surface area contributed by atoms with Gasteiger partial charge >= 0.3 is 0 Å². The monoisotopic (exact) mass is 384 g/mol. The van der Waals surface area contributed by atoms with Crippen LogP contribution in [0.25, 0.3) is 0 Å². The molecule has 0 aromatic heterocycles. The summed E-state index contributed by atoms with van der Waals surface area (Å²) in [6.45, 7) is 2.77. The molecule has 0 aromatic carbocycles. The summed E-state index contributed by atoms with van der Waals surface area (Å²) in [4.78, 5) is 0. The Balaban J connectivity index is 2.03. The lowest BCUT2D eigenvalue weighted by molar-refractivity contribution is -0.255. The molecule has 2 rings (SSSR count). The zero-order chi connectivity index (χ0) is 18.7. The minimum Gasteiger partial charge on any atom is -0.394 e. The van der Waals surface area contributed by atoms with E-state index in [1.165, 1.54) is 0 Å². The van der Waals surface area contributed by atoms with Crippen molar-refractivity contribution < 1.29 is 44.8 Å². The van der Waals surface area contributed by atoms with Crippen LogP contribution in [-0.2, 0) is 14.2 Å². The van der Waals surface area contributed by atoms with Gasteiger partial charge in [0.05, 0.1) is 25.4 Å². The maximum atomic E-state index is 10.2. The molecule has 0 bridgehead atoms. The van der Waals surface area contributed by atoms with Crippen molar-refractivity contribution in [1.82, 2.24) is 0 Å². The summed E-state index contributed by atoms with van der Waals surface area (Å²) in [5.74, 6) is 0. The number of aliphatic hydroxyl groups is 6. The van der Waals surface area contributed by atoms with Gasteiger partial charge in [0.2, 0.25) is 0 Å². The summed E-state index contributed by atoms with van der Waals surface area (Å²) in [6.07, 6.45) is -7.67. The molecule has 2 fully saturated rings. The molecule has 0 saturated carbocycles. The number of hydrogen-bond acceptors (Lipinski definition) is 10. The van der Waals surface area contributed by atoms with Crippen LogP contribution in [0.1, 0.15) is 20.3 Å². The molecule has 0 spiro atoms. The molecule has 148 valence electrons. The minimum absolute atomic E-state index is 0.159. The van der Waals surface area contributed by atoms with Gasteiger partial charge < -0.3 is 44.8 Å². The third kappa shape index (κ3) is 5.04. The summed E-state index contributed by atoms with van der Waals surface area (Å²) in [5.41, 5.74) is -0.951. The predicted molar refractivity (Wildman–Crippen MR) is 87.7 cm³/mol. The summed E-state index contributed by atoms with van der Waals surface area (Å²) in [6, 6.07) is 0. The summed E-state index contributed by atoms with van der Waals surface area (Å²) < 4.78 is 16.5. The van der Waals surface area contributed by atoms with Crippen molar-refractivity contribution in [2.45, 2.75) is 80.0 Å². The second kappa shape index (κ2) is 9.27. The molecule has 2 aliphatic heterocycles. The Morgan fingerprint density at radius 1 is 0.960 bits per heavy atom. The first kappa shape index (κ1) is 21.3. The van der Waals surface area contributed by atoms with E-state index >= 15 is 0 Å². The average Bonchev–Trinajstić information content (AvgIpc) is 2.57. The number of aliphatic hydroxyl groups excluding tert-OH is 6. The van der Waals surface area contributed by atoms with Crippen LogP contribution in [0, 0.1) is 0 Å². The largest absolute Gasteiger partial charge is 0.394 e. The summed E-state index contributed by atoms with van der Waals surface area (Å²) in [5, 5.41) is 58.4. The van der Waals surface area contributed by atoms with E-state index in [0.717, 1.165) is 11.8 Å². The summed E-state index contributed by atoms with van der Waals surface area (Å²) >= 11 is 1.08. The van der Waals surface area contributed by atoms with Gasteiger partial charge in [0.25, 0.3) is 0 Å². The smallest absolute Gasteiger partial charge is 0.184 e. The first-order chi connectivity index (χ1) is 11.8. The molecular formula is C15H28O9S. The quantitative estimate of drug-likeness (QED) is 0.297. The van der Waals surface area contributed by atoms with Gasteiger partial charge in [0.15, 0.2) is 6.29 Å². The van der Waals surface area contributed by atoms with Crippen LogP contribution >= 0.6 is 11.8 Å². The molecule has 25 heavy (non-hydrogen) atoms. The van der Waals surface area contributed by atoms with E-state index in [4.69, 9.17) is 14.2 Å². The maximum absolute atomic E-state index is 10.2. The molecule has 9 nitrogen and oxygen atoms in total. The molecular weight excluding hydrogens is 356 g/mol. The van der Waals surface area contributed by atoms with Crippen molar-refractivity contribution in [3.05, 3.63) is 0 Å². The fourth-order valence-electron chi connectivity index (χ4n) is 2.90. The van der Waals surface area contributed by atoms with Crippen LogP contribution in [0.3, 0.4) is 0 Å². The second-order valence-corrected chi connectivity index (χ2v) is 7.93.